The van der Waals surface area contributed by atoms with E-state index in [4.69, 9.17) is 9.47 Å². The fourth-order valence-corrected chi connectivity index (χ4v) is 2.47. The van der Waals surface area contributed by atoms with Crippen LogP contribution in [-0.2, 0) is 0 Å². The highest BCUT2D eigenvalue weighted by Crippen LogP contribution is 2.26. The molecule has 0 bridgehead atoms. The van der Waals surface area contributed by atoms with E-state index in [-0.39, 0.29) is 0 Å². The molecule has 0 aliphatic carbocycles. The Morgan fingerprint density at radius 2 is 1.74 bits per heavy atom. The number of pyridine rings is 1. The molecule has 3 aromatic rings. The highest BCUT2D eigenvalue weighted by molar-refractivity contribution is 5.90. The molecule has 118 valence electrons. The average Bonchev–Trinajstić information content (AvgIpc) is 2.62. The number of hydrogen-bond donors (Lipinski definition) is 1. The van der Waals surface area contributed by atoms with E-state index in [1.165, 1.54) is 0 Å². The fourth-order valence-electron chi connectivity index (χ4n) is 2.47. The first-order valence-electron chi connectivity index (χ1n) is 7.72. The summed E-state index contributed by atoms with van der Waals surface area (Å²) < 4.78 is 11.0. The largest absolute Gasteiger partial charge is 0.493 e. The summed E-state index contributed by atoms with van der Waals surface area (Å²) in [5.41, 5.74) is 2.11. The van der Waals surface area contributed by atoms with Crippen molar-refractivity contribution in [3.05, 3.63) is 60.8 Å². The monoisotopic (exact) mass is 308 g/mol. The molecule has 0 aliphatic heterocycles. The Labute approximate surface area is 136 Å². The normalized spacial score (nSPS) is 10.5. The molecular weight excluding hydrogens is 288 g/mol. The molecule has 2 aromatic carbocycles. The van der Waals surface area contributed by atoms with Gasteiger partial charge >= 0.3 is 0 Å². The van der Waals surface area contributed by atoms with Gasteiger partial charge in [-0.1, -0.05) is 30.3 Å². The average molecular weight is 308 g/mol. The second-order valence-electron chi connectivity index (χ2n) is 5.16. The number of nitrogens with one attached hydrogen (secondary N) is 1. The number of nitrogens with zero attached hydrogens (tertiary/aromatic N) is 1. The lowest BCUT2D eigenvalue weighted by Gasteiger charge is -2.11. The highest BCUT2D eigenvalue weighted by atomic mass is 16.5. The number of ether oxygens (including phenoxy) is 2. The van der Waals surface area contributed by atoms with Crippen LogP contribution in [0.2, 0.25) is 0 Å². The van der Waals surface area contributed by atoms with Gasteiger partial charge in [-0.15, -0.1) is 0 Å². The number of methoxy groups -OCH3 is 1. The third-order valence-corrected chi connectivity index (χ3v) is 3.61. The number of rotatable bonds is 7. The van der Waals surface area contributed by atoms with E-state index in [1.54, 1.807) is 7.11 Å². The van der Waals surface area contributed by atoms with Gasteiger partial charge in [0.1, 0.15) is 0 Å². The van der Waals surface area contributed by atoms with Gasteiger partial charge in [0, 0.05) is 23.8 Å². The standard InChI is InChI=1S/C19H20N2O2/c1-22-18-9-4-5-10-19(18)23-14-6-12-20-17-11-13-21-16-8-3-2-7-15(16)17/h2-5,7-11,13H,6,12,14H2,1H3,(H,20,21). The van der Waals surface area contributed by atoms with Gasteiger partial charge in [0.2, 0.25) is 0 Å². The fraction of sp³-hybridized carbons (Fsp3) is 0.211. The van der Waals surface area contributed by atoms with Crippen molar-refractivity contribution in [1.82, 2.24) is 4.98 Å². The lowest BCUT2D eigenvalue weighted by molar-refractivity contribution is 0.292. The van der Waals surface area contributed by atoms with Gasteiger partial charge in [0.25, 0.3) is 0 Å². The van der Waals surface area contributed by atoms with E-state index in [9.17, 15) is 0 Å². The number of para-hydroxylation sites is 3. The molecule has 1 N–H and O–H groups in total. The van der Waals surface area contributed by atoms with Crippen LogP contribution in [0.1, 0.15) is 6.42 Å². The van der Waals surface area contributed by atoms with Crippen LogP contribution in [-0.4, -0.2) is 25.2 Å². The Hall–Kier alpha value is -2.75. The summed E-state index contributed by atoms with van der Waals surface area (Å²) >= 11 is 0. The van der Waals surface area contributed by atoms with Gasteiger partial charge in [-0.3, -0.25) is 4.98 Å². The van der Waals surface area contributed by atoms with Crippen molar-refractivity contribution in [3.8, 4) is 11.5 Å². The van der Waals surface area contributed by atoms with E-state index in [0.29, 0.717) is 6.61 Å². The van der Waals surface area contributed by atoms with Crippen LogP contribution < -0.4 is 14.8 Å². The quantitative estimate of drug-likeness (QED) is 0.667. The number of aromatic nitrogens is 1. The zero-order valence-electron chi connectivity index (χ0n) is 13.2. The first-order chi connectivity index (χ1) is 11.4. The van der Waals surface area contributed by atoms with Crippen molar-refractivity contribution in [2.24, 2.45) is 0 Å². The van der Waals surface area contributed by atoms with Gasteiger partial charge in [0.05, 0.1) is 19.2 Å². The second-order valence-corrected chi connectivity index (χ2v) is 5.16. The van der Waals surface area contributed by atoms with E-state index >= 15 is 0 Å². The number of fused-ring (bicyclic) bond motifs is 1. The van der Waals surface area contributed by atoms with Gasteiger partial charge in [-0.25, -0.2) is 0 Å². The molecule has 0 radical (unpaired) electrons. The maximum atomic E-state index is 5.78. The SMILES string of the molecule is COc1ccccc1OCCCNc1ccnc2ccccc12. The van der Waals surface area contributed by atoms with Crippen LogP contribution in [0.3, 0.4) is 0 Å². The summed E-state index contributed by atoms with van der Waals surface area (Å²) in [4.78, 5) is 4.37. The number of anilines is 1. The summed E-state index contributed by atoms with van der Waals surface area (Å²) in [6.07, 6.45) is 2.73. The Bertz CT molecular complexity index is 769. The zero-order valence-corrected chi connectivity index (χ0v) is 13.2. The van der Waals surface area contributed by atoms with Gasteiger partial charge in [-0.05, 0) is 30.7 Å². The summed E-state index contributed by atoms with van der Waals surface area (Å²) in [5, 5.41) is 4.59. The Morgan fingerprint density at radius 3 is 2.61 bits per heavy atom. The van der Waals surface area contributed by atoms with Crippen molar-refractivity contribution in [1.29, 1.82) is 0 Å². The molecule has 0 aliphatic rings. The van der Waals surface area contributed by atoms with E-state index in [2.05, 4.69) is 16.4 Å². The van der Waals surface area contributed by atoms with Crippen molar-refractivity contribution in [2.75, 3.05) is 25.6 Å². The molecule has 4 heteroatoms. The van der Waals surface area contributed by atoms with Crippen molar-refractivity contribution < 1.29 is 9.47 Å². The summed E-state index contributed by atoms with van der Waals surface area (Å²) in [5.74, 6) is 1.55. The van der Waals surface area contributed by atoms with Crippen LogP contribution in [0.25, 0.3) is 10.9 Å². The van der Waals surface area contributed by atoms with Crippen molar-refractivity contribution >= 4 is 16.6 Å². The predicted molar refractivity (Wildman–Crippen MR) is 93.3 cm³/mol. The lowest BCUT2D eigenvalue weighted by Crippen LogP contribution is -2.08. The molecule has 0 saturated heterocycles. The molecule has 0 amide bonds. The number of benzene rings is 2. The minimum Gasteiger partial charge on any atom is -0.493 e. The van der Waals surface area contributed by atoms with Crippen LogP contribution in [0.5, 0.6) is 11.5 Å². The molecule has 3 rings (SSSR count). The molecule has 1 aromatic heterocycles. The second kappa shape index (κ2) is 7.49. The molecule has 0 fully saturated rings. The smallest absolute Gasteiger partial charge is 0.161 e. The minimum atomic E-state index is 0.635. The molecule has 0 unspecified atom stereocenters. The third-order valence-electron chi connectivity index (χ3n) is 3.61. The molecule has 0 spiro atoms. The Balaban J connectivity index is 1.52. The minimum absolute atomic E-state index is 0.635. The van der Waals surface area contributed by atoms with Crippen molar-refractivity contribution in [2.45, 2.75) is 6.42 Å². The van der Waals surface area contributed by atoms with Crippen LogP contribution in [0.4, 0.5) is 5.69 Å². The topological polar surface area (TPSA) is 43.4 Å². The highest BCUT2D eigenvalue weighted by Gasteiger charge is 2.03. The first-order valence-corrected chi connectivity index (χ1v) is 7.72. The van der Waals surface area contributed by atoms with E-state index in [0.717, 1.165) is 41.1 Å². The molecule has 0 atom stereocenters. The summed E-state index contributed by atoms with van der Waals surface area (Å²) in [6, 6.07) is 17.8. The van der Waals surface area contributed by atoms with Crippen LogP contribution in [0.15, 0.2) is 60.8 Å². The van der Waals surface area contributed by atoms with Gasteiger partial charge in [0.15, 0.2) is 11.5 Å². The predicted octanol–water partition coefficient (Wildman–Crippen LogP) is 4.12. The van der Waals surface area contributed by atoms with E-state index in [1.807, 2.05) is 54.7 Å². The van der Waals surface area contributed by atoms with E-state index < -0.39 is 0 Å². The van der Waals surface area contributed by atoms with Crippen LogP contribution in [0, 0.1) is 0 Å². The first kappa shape index (κ1) is 15.2. The molecule has 4 nitrogen and oxygen atoms in total. The molecular formula is C19H20N2O2. The summed E-state index contributed by atoms with van der Waals surface area (Å²) in [6.45, 7) is 1.47. The number of hydrogen-bond acceptors (Lipinski definition) is 4. The molecule has 0 saturated carbocycles. The lowest BCUT2D eigenvalue weighted by atomic mass is 10.2. The van der Waals surface area contributed by atoms with Gasteiger partial charge in [-0.2, -0.15) is 0 Å². The molecule has 23 heavy (non-hydrogen) atoms. The van der Waals surface area contributed by atoms with Gasteiger partial charge < -0.3 is 14.8 Å². The Kier molecular flexibility index (Phi) is 4.94. The zero-order chi connectivity index (χ0) is 15.9. The van der Waals surface area contributed by atoms with Crippen LogP contribution >= 0.6 is 0 Å². The molecule has 1 heterocycles. The van der Waals surface area contributed by atoms with Crippen molar-refractivity contribution in [3.63, 3.8) is 0 Å². The summed E-state index contributed by atoms with van der Waals surface area (Å²) in [7, 11) is 1.65. The third kappa shape index (κ3) is 3.72. The maximum Gasteiger partial charge on any atom is 0.161 e. The Morgan fingerprint density at radius 1 is 0.957 bits per heavy atom. The maximum absolute atomic E-state index is 5.78.